The van der Waals surface area contributed by atoms with Crippen LogP contribution in [0.5, 0.6) is 0 Å². The van der Waals surface area contributed by atoms with Crippen molar-refractivity contribution in [3.8, 4) is 0 Å². The first-order chi connectivity index (χ1) is 7.43. The molecule has 7 heteroatoms. The van der Waals surface area contributed by atoms with Crippen LogP contribution < -0.4 is 10.6 Å². The zero-order valence-corrected chi connectivity index (χ0v) is 10.1. The van der Waals surface area contributed by atoms with E-state index in [1.165, 1.54) is 25.6 Å². The van der Waals surface area contributed by atoms with Crippen LogP contribution in [0.4, 0.5) is 0 Å². The van der Waals surface area contributed by atoms with Crippen molar-refractivity contribution in [3.63, 3.8) is 0 Å². The van der Waals surface area contributed by atoms with Gasteiger partial charge in [0.25, 0.3) is 0 Å². The number of carboxylic acids is 1. The van der Waals surface area contributed by atoms with E-state index >= 15 is 0 Å². The Balaban J connectivity index is 3.72. The van der Waals surface area contributed by atoms with Gasteiger partial charge in [0.1, 0.15) is 6.04 Å². The number of aliphatic carboxylic acids is 1. The maximum Gasteiger partial charge on any atom is 0.327 e. The largest absolute Gasteiger partial charge is 0.480 e. The fourth-order valence-electron chi connectivity index (χ4n) is 0.920. The predicted octanol–water partition coefficient (Wildman–Crippen LogP) is -0.555. The minimum absolute atomic E-state index is 0.114. The molecule has 0 rings (SSSR count). The van der Waals surface area contributed by atoms with Gasteiger partial charge in [-0.15, -0.1) is 0 Å². The topological polar surface area (TPSA) is 95.5 Å². The third kappa shape index (κ3) is 8.10. The number of carboxylic acid groups (broad SMARTS) is 1. The molecule has 6 nitrogen and oxygen atoms in total. The highest BCUT2D eigenvalue weighted by atomic mass is 32.2. The maximum atomic E-state index is 10.7. The summed E-state index contributed by atoms with van der Waals surface area (Å²) in [5.74, 6) is -0.633. The summed E-state index contributed by atoms with van der Waals surface area (Å²) in [6, 6.07) is -0.875. The summed E-state index contributed by atoms with van der Waals surface area (Å²) >= 11 is 1.36. The molecule has 0 fully saturated rings. The summed E-state index contributed by atoms with van der Waals surface area (Å²) < 4.78 is 0. The molecule has 0 aromatic rings. The van der Waals surface area contributed by atoms with Crippen LogP contribution in [0.3, 0.4) is 0 Å². The summed E-state index contributed by atoms with van der Waals surface area (Å²) in [5.41, 5.74) is 0. The average molecular weight is 248 g/mol. The third-order valence-corrected chi connectivity index (χ3v) is 2.64. The maximum absolute atomic E-state index is 10.7. The number of nitrogens with one attached hydrogen (secondary N) is 2. The zero-order valence-electron chi connectivity index (χ0n) is 9.28. The van der Waals surface area contributed by atoms with Crippen LogP contribution in [0.2, 0.25) is 0 Å². The van der Waals surface area contributed by atoms with Gasteiger partial charge >= 0.3 is 5.97 Å². The van der Waals surface area contributed by atoms with Crippen molar-refractivity contribution in [1.29, 1.82) is 0 Å². The van der Waals surface area contributed by atoms with Gasteiger partial charge in [-0.3, -0.25) is 9.59 Å². The van der Waals surface area contributed by atoms with Crippen LogP contribution in [-0.2, 0) is 14.4 Å². The Morgan fingerprint density at radius 1 is 1.25 bits per heavy atom. The zero-order chi connectivity index (χ0) is 12.6. The van der Waals surface area contributed by atoms with Gasteiger partial charge in [-0.25, -0.2) is 4.79 Å². The highest BCUT2D eigenvalue weighted by Gasteiger charge is 2.17. The van der Waals surface area contributed by atoms with E-state index in [0.717, 1.165) is 0 Å². The van der Waals surface area contributed by atoms with Gasteiger partial charge in [0.15, 0.2) is 0 Å². The lowest BCUT2D eigenvalue weighted by molar-refractivity contribution is -0.140. The Morgan fingerprint density at radius 3 is 2.31 bits per heavy atom. The van der Waals surface area contributed by atoms with Gasteiger partial charge in [-0.2, -0.15) is 11.8 Å². The van der Waals surface area contributed by atoms with Crippen LogP contribution in [0.25, 0.3) is 0 Å². The second-order valence-corrected chi connectivity index (χ2v) is 4.30. The van der Waals surface area contributed by atoms with Gasteiger partial charge in [0.2, 0.25) is 11.8 Å². The molecule has 0 bridgehead atoms. The number of thioether (sulfide) groups is 1. The monoisotopic (exact) mass is 248 g/mol. The summed E-state index contributed by atoms with van der Waals surface area (Å²) in [4.78, 5) is 31.9. The second-order valence-electron chi connectivity index (χ2n) is 3.15. The van der Waals surface area contributed by atoms with Crippen molar-refractivity contribution in [1.82, 2.24) is 10.6 Å². The molecule has 0 unspecified atom stereocenters. The van der Waals surface area contributed by atoms with E-state index in [1.807, 2.05) is 0 Å². The Hall–Kier alpha value is -1.24. The first-order valence-corrected chi connectivity index (χ1v) is 5.91. The molecule has 1 atom stereocenters. The van der Waals surface area contributed by atoms with Gasteiger partial charge in [0, 0.05) is 31.9 Å². The first-order valence-electron chi connectivity index (χ1n) is 4.75. The van der Waals surface area contributed by atoms with Crippen molar-refractivity contribution in [2.75, 3.05) is 18.1 Å². The third-order valence-electron chi connectivity index (χ3n) is 1.58. The van der Waals surface area contributed by atoms with Gasteiger partial charge in [-0.1, -0.05) is 0 Å². The van der Waals surface area contributed by atoms with Crippen LogP contribution >= 0.6 is 11.8 Å². The molecule has 16 heavy (non-hydrogen) atoms. The fraction of sp³-hybridized carbons (Fsp3) is 0.667. The van der Waals surface area contributed by atoms with E-state index in [4.69, 9.17) is 5.11 Å². The molecule has 0 aliphatic rings. The molecule has 0 saturated heterocycles. The van der Waals surface area contributed by atoms with Crippen molar-refractivity contribution in [2.45, 2.75) is 19.9 Å². The lowest BCUT2D eigenvalue weighted by atomic mass is 10.3. The van der Waals surface area contributed by atoms with E-state index in [9.17, 15) is 14.4 Å². The quantitative estimate of drug-likeness (QED) is 0.525. The first kappa shape index (κ1) is 14.8. The molecule has 0 aliphatic heterocycles. The number of carbonyl (C=O) groups is 3. The van der Waals surface area contributed by atoms with Crippen molar-refractivity contribution >= 4 is 29.5 Å². The lowest BCUT2D eigenvalue weighted by Gasteiger charge is -2.12. The average Bonchev–Trinajstić information content (AvgIpc) is 2.14. The standard InChI is InChI=1S/C9H16N2O4S/c1-6(12)10-3-4-16-5-8(9(14)15)11-7(2)13/h8H,3-5H2,1-2H3,(H,10,12)(H,11,13)(H,14,15)/t8-/m1/s1. The molecule has 0 aromatic heterocycles. The number of hydrogen-bond acceptors (Lipinski definition) is 4. The van der Waals surface area contributed by atoms with Crippen LogP contribution in [-0.4, -0.2) is 47.0 Å². The molecule has 0 heterocycles. The number of hydrogen-bond donors (Lipinski definition) is 3. The molecular weight excluding hydrogens is 232 g/mol. The van der Waals surface area contributed by atoms with Crippen molar-refractivity contribution in [2.24, 2.45) is 0 Å². The minimum Gasteiger partial charge on any atom is -0.480 e. The van der Waals surface area contributed by atoms with Crippen LogP contribution in [0.1, 0.15) is 13.8 Å². The van der Waals surface area contributed by atoms with E-state index in [2.05, 4.69) is 10.6 Å². The smallest absolute Gasteiger partial charge is 0.327 e. The summed E-state index contributed by atoms with van der Waals surface area (Å²) in [5, 5.41) is 13.7. The molecule has 0 aliphatic carbocycles. The van der Waals surface area contributed by atoms with Crippen molar-refractivity contribution < 1.29 is 19.5 Å². The van der Waals surface area contributed by atoms with Gasteiger partial charge in [0.05, 0.1) is 0 Å². The predicted molar refractivity (Wildman–Crippen MR) is 61.2 cm³/mol. The van der Waals surface area contributed by atoms with E-state index in [0.29, 0.717) is 12.3 Å². The Bertz CT molecular complexity index is 270. The minimum atomic E-state index is -1.05. The Kier molecular flexibility index (Phi) is 7.36. The molecule has 0 saturated carbocycles. The highest BCUT2D eigenvalue weighted by molar-refractivity contribution is 7.99. The number of carbonyl (C=O) groups excluding carboxylic acids is 2. The Morgan fingerprint density at radius 2 is 1.88 bits per heavy atom. The van der Waals surface area contributed by atoms with Crippen molar-refractivity contribution in [3.05, 3.63) is 0 Å². The molecule has 0 radical (unpaired) electrons. The molecule has 3 N–H and O–H groups in total. The number of amides is 2. The molecule has 0 aromatic carbocycles. The SMILES string of the molecule is CC(=O)NCCSC[C@@H](NC(C)=O)C(=O)O. The normalized spacial score (nSPS) is 11.6. The van der Waals surface area contributed by atoms with E-state index in [-0.39, 0.29) is 17.6 Å². The molecular formula is C9H16N2O4S. The fourth-order valence-corrected chi connectivity index (χ4v) is 1.80. The second kappa shape index (κ2) is 7.98. The lowest BCUT2D eigenvalue weighted by Crippen LogP contribution is -2.41. The molecule has 92 valence electrons. The van der Waals surface area contributed by atoms with Crippen LogP contribution in [0.15, 0.2) is 0 Å². The highest BCUT2D eigenvalue weighted by Crippen LogP contribution is 2.02. The number of rotatable bonds is 7. The van der Waals surface area contributed by atoms with Gasteiger partial charge in [-0.05, 0) is 0 Å². The summed E-state index contributed by atoms with van der Waals surface area (Å²) in [7, 11) is 0. The summed E-state index contributed by atoms with van der Waals surface area (Å²) in [6.45, 7) is 3.19. The van der Waals surface area contributed by atoms with E-state index < -0.39 is 12.0 Å². The van der Waals surface area contributed by atoms with E-state index in [1.54, 1.807) is 0 Å². The van der Waals surface area contributed by atoms with Crippen LogP contribution in [0, 0.1) is 0 Å². The Labute approximate surface area is 98.2 Å². The van der Waals surface area contributed by atoms with Gasteiger partial charge < -0.3 is 15.7 Å². The summed E-state index contributed by atoms with van der Waals surface area (Å²) in [6.07, 6.45) is 0. The molecule has 2 amide bonds. The molecule has 0 spiro atoms.